The zero-order valence-corrected chi connectivity index (χ0v) is 28.7. The predicted octanol–water partition coefficient (Wildman–Crippen LogP) is 5.51. The molecular formula is C31H32ClN11O2S2. The standard InChI is InChI=1S/C19H19N7OS.C12H13ClN4OS/c1-24(2)19(27)25-7-5-14-15(10-25)28-18-16(14)17(20-11-21-18)23-12-4-8-26-13(9-12)3-6-22-26;1-16(2)12(18)17-4-3-7-8(5-17)19-11-9(7)10(13)14-6-15-11/h3-4,6,8-9,11H,5,7,10H2,1-2H3,(H,20,21,23);6H,3-5H2,1-2H3. The smallest absolute Gasteiger partial charge is 0.319 e. The summed E-state index contributed by atoms with van der Waals surface area (Å²) in [6, 6.07) is 6.06. The molecule has 0 spiro atoms. The molecule has 2 aliphatic rings. The SMILES string of the molecule is CN(C)C(=O)N1CCc2c(sc3ncnc(Cl)c23)C1.CN(C)C(=O)N1CCc2c(sc3ncnc(Nc4ccn5nccc5c4)c23)C1. The van der Waals surface area contributed by atoms with E-state index in [-0.39, 0.29) is 12.1 Å². The summed E-state index contributed by atoms with van der Waals surface area (Å²) >= 11 is 9.39. The molecule has 0 unspecified atom stereocenters. The van der Waals surface area contributed by atoms with Crippen molar-refractivity contribution >= 4 is 83.8 Å². The number of thiophene rings is 2. The van der Waals surface area contributed by atoms with Crippen LogP contribution in [0.1, 0.15) is 20.9 Å². The largest absolute Gasteiger partial charge is 0.339 e. The first-order chi connectivity index (χ1) is 22.7. The van der Waals surface area contributed by atoms with E-state index in [1.807, 2.05) is 38.7 Å². The number of carbonyl (C=O) groups is 2. The second-order valence-corrected chi connectivity index (χ2v) is 14.2. The molecule has 8 heterocycles. The molecule has 4 amide bonds. The number of carbonyl (C=O) groups excluding carboxylic acids is 2. The summed E-state index contributed by atoms with van der Waals surface area (Å²) in [5.74, 6) is 0.804. The van der Waals surface area contributed by atoms with Gasteiger partial charge in [0.15, 0.2) is 0 Å². The van der Waals surface area contributed by atoms with Gasteiger partial charge in [0.25, 0.3) is 0 Å². The molecule has 242 valence electrons. The number of rotatable bonds is 2. The highest BCUT2D eigenvalue weighted by molar-refractivity contribution is 7.19. The van der Waals surface area contributed by atoms with Gasteiger partial charge in [-0.1, -0.05) is 11.6 Å². The topological polar surface area (TPSA) is 128 Å². The summed E-state index contributed by atoms with van der Waals surface area (Å²) in [4.78, 5) is 52.8. The van der Waals surface area contributed by atoms with Crippen molar-refractivity contribution < 1.29 is 9.59 Å². The van der Waals surface area contributed by atoms with Crippen LogP contribution in [0.15, 0.2) is 43.2 Å². The first-order valence-corrected chi connectivity index (χ1v) is 17.0. The Morgan fingerprint density at radius 2 is 1.43 bits per heavy atom. The lowest BCUT2D eigenvalue weighted by Gasteiger charge is -2.29. The number of amides is 4. The van der Waals surface area contributed by atoms with Crippen molar-refractivity contribution in [1.29, 1.82) is 0 Å². The van der Waals surface area contributed by atoms with Crippen LogP contribution in [0.25, 0.3) is 25.9 Å². The van der Waals surface area contributed by atoms with E-state index in [2.05, 4.69) is 30.4 Å². The minimum atomic E-state index is 0.0419. The third kappa shape index (κ3) is 5.90. The molecule has 1 N–H and O–H groups in total. The van der Waals surface area contributed by atoms with Crippen LogP contribution in [0.2, 0.25) is 5.15 Å². The number of hydrogen-bond acceptors (Lipinski definition) is 10. The number of fused-ring (bicyclic) bond motifs is 7. The zero-order chi connectivity index (χ0) is 32.8. The number of aromatic nitrogens is 6. The van der Waals surface area contributed by atoms with Gasteiger partial charge < -0.3 is 24.9 Å². The molecule has 0 saturated carbocycles. The summed E-state index contributed by atoms with van der Waals surface area (Å²) < 4.78 is 1.82. The Kier molecular flexibility index (Phi) is 8.28. The van der Waals surface area contributed by atoms with Gasteiger partial charge in [0, 0.05) is 69.1 Å². The summed E-state index contributed by atoms with van der Waals surface area (Å²) in [5, 5.41) is 10.2. The number of anilines is 2. The van der Waals surface area contributed by atoms with Crippen molar-refractivity contribution in [2.24, 2.45) is 0 Å². The highest BCUT2D eigenvalue weighted by atomic mass is 35.5. The maximum atomic E-state index is 12.3. The molecule has 2 aliphatic heterocycles. The third-order valence-electron chi connectivity index (χ3n) is 8.20. The lowest BCUT2D eigenvalue weighted by Crippen LogP contribution is -2.41. The molecule has 6 aromatic rings. The van der Waals surface area contributed by atoms with Gasteiger partial charge >= 0.3 is 12.1 Å². The molecule has 0 aliphatic carbocycles. The zero-order valence-electron chi connectivity index (χ0n) is 26.3. The molecular weight excluding hydrogens is 658 g/mol. The molecule has 6 aromatic heterocycles. The van der Waals surface area contributed by atoms with Gasteiger partial charge in [0.05, 0.1) is 29.4 Å². The van der Waals surface area contributed by atoms with E-state index >= 15 is 0 Å². The van der Waals surface area contributed by atoms with Crippen LogP contribution >= 0.6 is 34.3 Å². The minimum Gasteiger partial charge on any atom is -0.339 e. The van der Waals surface area contributed by atoms with E-state index in [1.54, 1.807) is 73.2 Å². The lowest BCUT2D eigenvalue weighted by atomic mass is 10.1. The Balaban J connectivity index is 0.000000161. The fourth-order valence-corrected chi connectivity index (χ4v) is 8.65. The monoisotopic (exact) mass is 689 g/mol. The van der Waals surface area contributed by atoms with Crippen molar-refractivity contribution in [3.63, 3.8) is 0 Å². The predicted molar refractivity (Wildman–Crippen MR) is 185 cm³/mol. The van der Waals surface area contributed by atoms with Gasteiger partial charge in [-0.05, 0) is 42.2 Å². The molecule has 0 saturated heterocycles. The molecule has 8 rings (SSSR count). The first-order valence-electron chi connectivity index (χ1n) is 15.0. The van der Waals surface area contributed by atoms with Crippen LogP contribution in [-0.2, 0) is 25.9 Å². The second kappa shape index (κ2) is 12.5. The average Bonchev–Trinajstić information content (AvgIpc) is 3.79. The number of hydrogen-bond donors (Lipinski definition) is 1. The van der Waals surface area contributed by atoms with E-state index in [0.717, 1.165) is 50.3 Å². The van der Waals surface area contributed by atoms with E-state index < -0.39 is 0 Å². The van der Waals surface area contributed by atoms with E-state index in [9.17, 15) is 9.59 Å². The Morgan fingerprint density at radius 3 is 2.06 bits per heavy atom. The molecule has 0 aromatic carbocycles. The van der Waals surface area contributed by atoms with Gasteiger partial charge in [0.1, 0.15) is 33.3 Å². The highest BCUT2D eigenvalue weighted by Crippen LogP contribution is 2.39. The summed E-state index contributed by atoms with van der Waals surface area (Å²) in [6.07, 6.45) is 8.38. The number of nitrogens with one attached hydrogen (secondary N) is 1. The Morgan fingerprint density at radius 1 is 0.830 bits per heavy atom. The van der Waals surface area contributed by atoms with Gasteiger partial charge in [-0.15, -0.1) is 22.7 Å². The number of urea groups is 2. The second-order valence-electron chi connectivity index (χ2n) is 11.7. The molecule has 0 radical (unpaired) electrons. The molecule has 0 bridgehead atoms. The fourth-order valence-electron chi connectivity index (χ4n) is 5.94. The van der Waals surface area contributed by atoms with Crippen LogP contribution in [0.5, 0.6) is 0 Å². The van der Waals surface area contributed by atoms with Gasteiger partial charge in [0.2, 0.25) is 0 Å². The van der Waals surface area contributed by atoms with Crippen LogP contribution in [0, 0.1) is 0 Å². The minimum absolute atomic E-state index is 0.0419. The van der Waals surface area contributed by atoms with Crippen LogP contribution in [-0.4, -0.2) is 102 Å². The Bertz CT molecular complexity index is 2140. The van der Waals surface area contributed by atoms with Gasteiger partial charge in [-0.3, -0.25) is 0 Å². The fraction of sp³-hybridized carbons (Fsp3) is 0.323. The van der Waals surface area contributed by atoms with E-state index in [0.29, 0.717) is 31.3 Å². The van der Waals surface area contributed by atoms with Crippen molar-refractivity contribution in [2.45, 2.75) is 25.9 Å². The molecule has 0 atom stereocenters. The summed E-state index contributed by atoms with van der Waals surface area (Å²) in [5.41, 5.74) is 4.42. The first kappa shape index (κ1) is 31.0. The van der Waals surface area contributed by atoms with E-state index in [1.165, 1.54) is 27.2 Å². The molecule has 13 nitrogen and oxygen atoms in total. The van der Waals surface area contributed by atoms with Crippen molar-refractivity contribution in [2.75, 3.05) is 46.6 Å². The average molecular weight is 690 g/mol. The normalized spacial score (nSPS) is 14.1. The van der Waals surface area contributed by atoms with Crippen molar-refractivity contribution in [3.05, 3.63) is 69.3 Å². The molecule has 16 heteroatoms. The lowest BCUT2D eigenvalue weighted by molar-refractivity contribution is 0.166. The number of nitrogens with zero attached hydrogens (tertiary/aromatic N) is 10. The highest BCUT2D eigenvalue weighted by Gasteiger charge is 2.28. The van der Waals surface area contributed by atoms with E-state index in [4.69, 9.17) is 11.6 Å². The number of pyridine rings is 1. The van der Waals surface area contributed by atoms with Gasteiger partial charge in [-0.2, -0.15) is 5.10 Å². The molecule has 47 heavy (non-hydrogen) atoms. The van der Waals surface area contributed by atoms with Crippen LogP contribution in [0.3, 0.4) is 0 Å². The Labute approximate surface area is 283 Å². The third-order valence-corrected chi connectivity index (χ3v) is 10.7. The summed E-state index contributed by atoms with van der Waals surface area (Å²) in [7, 11) is 7.11. The Hall–Kier alpha value is -4.60. The maximum Gasteiger partial charge on any atom is 0.319 e. The molecule has 0 fully saturated rings. The van der Waals surface area contributed by atoms with Crippen LogP contribution in [0.4, 0.5) is 21.1 Å². The maximum absolute atomic E-state index is 12.3. The van der Waals surface area contributed by atoms with Crippen molar-refractivity contribution in [3.8, 4) is 0 Å². The van der Waals surface area contributed by atoms with Gasteiger partial charge in [-0.25, -0.2) is 34.0 Å². The van der Waals surface area contributed by atoms with Crippen LogP contribution < -0.4 is 5.32 Å². The quantitative estimate of drug-likeness (QED) is 0.236. The summed E-state index contributed by atoms with van der Waals surface area (Å²) in [6.45, 7) is 2.66. The number of halogens is 1. The van der Waals surface area contributed by atoms with Crippen molar-refractivity contribution in [1.82, 2.24) is 49.1 Å².